The Morgan fingerprint density at radius 1 is 0.600 bits per heavy atom. The molecule has 0 fully saturated rings. The van der Waals surface area contributed by atoms with Crippen molar-refractivity contribution in [1.82, 2.24) is 0 Å². The molecule has 0 nitrogen and oxygen atoms in total. The summed E-state index contributed by atoms with van der Waals surface area (Å²) in [6.45, 7) is 4.31. The minimum atomic E-state index is 0. The normalized spacial score (nSPS) is 9.47. The zero-order valence-electron chi connectivity index (χ0n) is 8.62. The fourth-order valence-corrected chi connectivity index (χ4v) is 1.75. The molecule has 2 rings (SSSR count). The van der Waals surface area contributed by atoms with Crippen molar-refractivity contribution in [2.24, 2.45) is 0 Å². The van der Waals surface area contributed by atoms with Crippen LogP contribution in [-0.4, -0.2) is 0 Å². The first-order valence-corrected chi connectivity index (χ1v) is 4.90. The number of benzene rings is 2. The van der Waals surface area contributed by atoms with Crippen molar-refractivity contribution in [1.29, 1.82) is 0 Å². The van der Waals surface area contributed by atoms with E-state index in [1.165, 1.54) is 22.3 Å². The molecule has 78 valence electrons. The van der Waals surface area contributed by atoms with Gasteiger partial charge in [-0.25, -0.2) is 0 Å². The Labute approximate surface area is 92.6 Å². The molecule has 0 unspecified atom stereocenters. The summed E-state index contributed by atoms with van der Waals surface area (Å²) in [5, 5.41) is 0. The lowest BCUT2D eigenvalue weighted by Crippen LogP contribution is -1.85. The topological polar surface area (TPSA) is 0 Å². The van der Waals surface area contributed by atoms with Crippen LogP contribution in [0.15, 0.2) is 48.5 Å². The molecule has 0 aliphatic rings. The van der Waals surface area contributed by atoms with Gasteiger partial charge in [-0.2, -0.15) is 0 Å². The van der Waals surface area contributed by atoms with Gasteiger partial charge in [-0.3, -0.25) is 0 Å². The van der Waals surface area contributed by atoms with Gasteiger partial charge in [-0.1, -0.05) is 56.0 Å². The molecule has 0 atom stereocenters. The van der Waals surface area contributed by atoms with Crippen molar-refractivity contribution in [2.75, 3.05) is 0 Å². The summed E-state index contributed by atoms with van der Waals surface area (Å²) in [7, 11) is 0. The number of hydrogen-bond donors (Lipinski definition) is 0. The molecule has 0 aliphatic heterocycles. The van der Waals surface area contributed by atoms with Gasteiger partial charge >= 0.3 is 0 Å². The van der Waals surface area contributed by atoms with Gasteiger partial charge in [-0.05, 0) is 36.1 Å². The van der Waals surface area contributed by atoms with Crippen LogP contribution in [0.5, 0.6) is 0 Å². The van der Waals surface area contributed by atoms with Crippen molar-refractivity contribution >= 4 is 0 Å². The molecule has 2 aromatic carbocycles. The second-order valence-electron chi connectivity index (χ2n) is 3.63. The molecule has 0 heterocycles. The molecule has 0 aliphatic carbocycles. The summed E-state index contributed by atoms with van der Waals surface area (Å²) < 4.78 is 0. The van der Waals surface area contributed by atoms with E-state index in [0.717, 1.165) is 0 Å². The highest BCUT2D eigenvalue weighted by molar-refractivity contribution is 5.70. The zero-order chi connectivity index (χ0) is 9.97. The Balaban J connectivity index is 0.00000112. The van der Waals surface area contributed by atoms with Crippen LogP contribution in [0.2, 0.25) is 0 Å². The molecule has 0 radical (unpaired) electrons. The smallest absolute Gasteiger partial charge is 0.0152 e. The average Bonchev–Trinajstić information content (AvgIpc) is 2.20. The highest BCUT2D eigenvalue weighted by Gasteiger charge is 2.02. The van der Waals surface area contributed by atoms with Crippen LogP contribution in [0, 0.1) is 13.8 Å². The van der Waals surface area contributed by atoms with E-state index in [4.69, 9.17) is 0 Å². The number of hydrogen-bond acceptors (Lipinski definition) is 0. The van der Waals surface area contributed by atoms with E-state index in [2.05, 4.69) is 62.4 Å². The molecule has 0 N–H and O–H groups in total. The first-order chi connectivity index (χ1) is 6.79. The first-order valence-electron chi connectivity index (χ1n) is 4.90. The average molecular weight is 198 g/mol. The van der Waals surface area contributed by atoms with Crippen molar-refractivity contribution in [3.8, 4) is 11.1 Å². The van der Waals surface area contributed by atoms with Crippen LogP contribution in [0.25, 0.3) is 11.1 Å². The number of rotatable bonds is 1. The Morgan fingerprint density at radius 2 is 0.933 bits per heavy atom. The zero-order valence-corrected chi connectivity index (χ0v) is 8.62. The minimum absolute atomic E-state index is 0. The van der Waals surface area contributed by atoms with Gasteiger partial charge in [-0.15, -0.1) is 0 Å². The van der Waals surface area contributed by atoms with Crippen LogP contribution >= 0.6 is 0 Å². The Morgan fingerprint density at radius 3 is 1.27 bits per heavy atom. The Kier molecular flexibility index (Phi) is 3.68. The molecule has 15 heavy (non-hydrogen) atoms. The van der Waals surface area contributed by atoms with Crippen molar-refractivity contribution in [3.05, 3.63) is 59.7 Å². The lowest BCUT2D eigenvalue weighted by atomic mass is 9.97. The number of aryl methyl sites for hydroxylation is 2. The van der Waals surface area contributed by atoms with E-state index in [-0.39, 0.29) is 7.43 Å². The van der Waals surface area contributed by atoms with Gasteiger partial charge in [0, 0.05) is 0 Å². The van der Waals surface area contributed by atoms with Gasteiger partial charge in [0.05, 0.1) is 0 Å². The summed E-state index contributed by atoms with van der Waals surface area (Å²) in [4.78, 5) is 0. The summed E-state index contributed by atoms with van der Waals surface area (Å²) >= 11 is 0. The summed E-state index contributed by atoms with van der Waals surface area (Å²) in [6, 6.07) is 17.0. The molecule has 2 aromatic rings. The maximum absolute atomic E-state index is 2.18. The molecule has 0 saturated carbocycles. The highest BCUT2D eigenvalue weighted by atomic mass is 14.1. The van der Waals surface area contributed by atoms with E-state index in [1.807, 2.05) is 0 Å². The van der Waals surface area contributed by atoms with E-state index in [1.54, 1.807) is 0 Å². The van der Waals surface area contributed by atoms with Crippen molar-refractivity contribution in [2.45, 2.75) is 21.3 Å². The third kappa shape index (κ3) is 2.27. The summed E-state index contributed by atoms with van der Waals surface area (Å²) in [5.41, 5.74) is 5.35. The molecular formula is C15H18. The highest BCUT2D eigenvalue weighted by Crippen LogP contribution is 2.25. The van der Waals surface area contributed by atoms with Gasteiger partial charge in [0.15, 0.2) is 0 Å². The van der Waals surface area contributed by atoms with Crippen LogP contribution in [0.1, 0.15) is 18.6 Å². The first kappa shape index (κ1) is 11.5. The van der Waals surface area contributed by atoms with Gasteiger partial charge in [0.1, 0.15) is 0 Å². The molecule has 0 aromatic heterocycles. The predicted molar refractivity (Wildman–Crippen MR) is 68.1 cm³/mol. The van der Waals surface area contributed by atoms with E-state index in [9.17, 15) is 0 Å². The molecule has 0 spiro atoms. The molecule has 0 heteroatoms. The van der Waals surface area contributed by atoms with Gasteiger partial charge in [0.25, 0.3) is 0 Å². The fourth-order valence-electron chi connectivity index (χ4n) is 1.75. The third-order valence-electron chi connectivity index (χ3n) is 2.58. The standard InChI is InChI=1S/C14H14.CH4/c1-11-7-3-5-9-13(11)14-10-6-4-8-12(14)2;/h3-10H,1-2H3;1H4. The maximum Gasteiger partial charge on any atom is -0.0152 e. The quantitative estimate of drug-likeness (QED) is 0.628. The van der Waals surface area contributed by atoms with Gasteiger partial charge in [0.2, 0.25) is 0 Å². The third-order valence-corrected chi connectivity index (χ3v) is 2.58. The SMILES string of the molecule is C.Cc1ccccc1-c1ccccc1C. The summed E-state index contributed by atoms with van der Waals surface area (Å²) in [5.74, 6) is 0. The summed E-state index contributed by atoms with van der Waals surface area (Å²) in [6.07, 6.45) is 0. The molecular weight excluding hydrogens is 180 g/mol. The van der Waals surface area contributed by atoms with Crippen LogP contribution < -0.4 is 0 Å². The second-order valence-corrected chi connectivity index (χ2v) is 3.63. The molecule has 0 amide bonds. The van der Waals surface area contributed by atoms with Crippen LogP contribution in [-0.2, 0) is 0 Å². The van der Waals surface area contributed by atoms with E-state index in [0.29, 0.717) is 0 Å². The molecule has 0 bridgehead atoms. The molecule has 0 saturated heterocycles. The van der Waals surface area contributed by atoms with Crippen molar-refractivity contribution in [3.63, 3.8) is 0 Å². The lowest BCUT2D eigenvalue weighted by Gasteiger charge is -2.08. The predicted octanol–water partition coefficient (Wildman–Crippen LogP) is 4.61. The van der Waals surface area contributed by atoms with Crippen LogP contribution in [0.4, 0.5) is 0 Å². The second kappa shape index (κ2) is 4.79. The Hall–Kier alpha value is -1.56. The van der Waals surface area contributed by atoms with Crippen molar-refractivity contribution < 1.29 is 0 Å². The minimum Gasteiger partial charge on any atom is -0.0776 e. The monoisotopic (exact) mass is 198 g/mol. The van der Waals surface area contributed by atoms with E-state index < -0.39 is 0 Å². The Bertz CT molecular complexity index is 398. The maximum atomic E-state index is 2.18. The van der Waals surface area contributed by atoms with Gasteiger partial charge < -0.3 is 0 Å². The lowest BCUT2D eigenvalue weighted by molar-refractivity contribution is 1.41. The fraction of sp³-hybridized carbons (Fsp3) is 0.200. The van der Waals surface area contributed by atoms with E-state index >= 15 is 0 Å². The van der Waals surface area contributed by atoms with Crippen LogP contribution in [0.3, 0.4) is 0 Å². The largest absolute Gasteiger partial charge is 0.0776 e.